The molecule has 14 nitrogen and oxygen atoms in total. The number of amides is 3. The Hall–Kier alpha value is -2.36. The first-order valence-corrected chi connectivity index (χ1v) is 14.2. The summed E-state index contributed by atoms with van der Waals surface area (Å²) in [7, 11) is 2.79. The number of nitrogens with two attached hydrogens (primary N) is 1. The first-order valence-electron chi connectivity index (χ1n) is 14.2. The maximum absolute atomic E-state index is 13.3. The summed E-state index contributed by atoms with van der Waals surface area (Å²) in [5.41, 5.74) is -0.636. The van der Waals surface area contributed by atoms with Gasteiger partial charge in [0, 0.05) is 19.8 Å². The second kappa shape index (κ2) is 23.2. The van der Waals surface area contributed by atoms with Crippen molar-refractivity contribution in [2.45, 2.75) is 89.9 Å². The Labute approximate surface area is 244 Å². The number of carbonyl (C=O) groups is 4. The second-order valence-corrected chi connectivity index (χ2v) is 10.3. The standard InChI is InChI=1S/C27H53N5O9/c1-7-29-13-9-8-10-21(31-23(33)19-40-27(3,4)12-15-39-17-16-37-5)25(35)32-22(18-24(34)38-6)26(36)30-20(2)11-14-41-28/h20-22,29H,7-19,28H2,1-6H3,(H,30,36)(H,31,33)(H,32,35)/t20?,21-,22-/m0/s1. The van der Waals surface area contributed by atoms with Crippen LogP contribution in [0, 0.1) is 0 Å². The van der Waals surface area contributed by atoms with Crippen LogP contribution in [-0.2, 0) is 43.0 Å². The maximum Gasteiger partial charge on any atom is 0.308 e. The van der Waals surface area contributed by atoms with Crippen LogP contribution in [0.4, 0.5) is 0 Å². The van der Waals surface area contributed by atoms with Crippen molar-refractivity contribution in [3.63, 3.8) is 0 Å². The fourth-order valence-electron chi connectivity index (χ4n) is 3.57. The topological polar surface area (TPSA) is 189 Å². The molecule has 0 rings (SSSR count). The van der Waals surface area contributed by atoms with Crippen LogP contribution >= 0.6 is 0 Å². The third-order valence-electron chi connectivity index (χ3n) is 6.16. The van der Waals surface area contributed by atoms with E-state index in [2.05, 4.69) is 26.1 Å². The fraction of sp³-hybridized carbons (Fsp3) is 0.852. The molecular weight excluding hydrogens is 538 g/mol. The van der Waals surface area contributed by atoms with Crippen LogP contribution in [0.5, 0.6) is 0 Å². The van der Waals surface area contributed by atoms with E-state index >= 15 is 0 Å². The summed E-state index contributed by atoms with van der Waals surface area (Å²) in [5.74, 6) is 2.75. The van der Waals surface area contributed by atoms with Gasteiger partial charge in [-0.2, -0.15) is 0 Å². The molecule has 0 aromatic rings. The molecule has 6 N–H and O–H groups in total. The first kappa shape index (κ1) is 38.6. The number of esters is 1. The lowest BCUT2D eigenvalue weighted by atomic mass is 10.1. The number of unbranched alkanes of at least 4 members (excludes halogenated alkanes) is 1. The van der Waals surface area contributed by atoms with Gasteiger partial charge in [0.1, 0.15) is 18.7 Å². The van der Waals surface area contributed by atoms with Crippen LogP contribution in [-0.4, -0.2) is 108 Å². The van der Waals surface area contributed by atoms with Gasteiger partial charge >= 0.3 is 5.97 Å². The van der Waals surface area contributed by atoms with E-state index in [9.17, 15) is 19.2 Å². The van der Waals surface area contributed by atoms with E-state index < -0.39 is 41.4 Å². The zero-order valence-electron chi connectivity index (χ0n) is 25.7. The average molecular weight is 592 g/mol. The number of hydrogen-bond acceptors (Lipinski definition) is 11. The molecule has 0 saturated heterocycles. The highest BCUT2D eigenvalue weighted by Crippen LogP contribution is 2.14. The zero-order valence-corrected chi connectivity index (χ0v) is 25.7. The number of ether oxygens (including phenoxy) is 4. The fourth-order valence-corrected chi connectivity index (χ4v) is 3.57. The summed E-state index contributed by atoms with van der Waals surface area (Å²) < 4.78 is 20.9. The summed E-state index contributed by atoms with van der Waals surface area (Å²) >= 11 is 0. The first-order chi connectivity index (χ1) is 19.5. The van der Waals surface area contributed by atoms with E-state index in [0.717, 1.165) is 19.5 Å². The van der Waals surface area contributed by atoms with E-state index in [1.54, 1.807) is 14.0 Å². The van der Waals surface area contributed by atoms with Crippen LogP contribution in [0.25, 0.3) is 0 Å². The van der Waals surface area contributed by atoms with Gasteiger partial charge in [0.15, 0.2) is 0 Å². The van der Waals surface area contributed by atoms with Gasteiger partial charge in [-0.3, -0.25) is 19.2 Å². The molecule has 0 aliphatic rings. The summed E-state index contributed by atoms with van der Waals surface area (Å²) in [4.78, 5) is 55.5. The van der Waals surface area contributed by atoms with Crippen molar-refractivity contribution in [2.24, 2.45) is 5.90 Å². The Morgan fingerprint density at radius 3 is 2.22 bits per heavy atom. The summed E-state index contributed by atoms with van der Waals surface area (Å²) in [6.45, 7) is 10.4. The largest absolute Gasteiger partial charge is 0.469 e. The molecule has 41 heavy (non-hydrogen) atoms. The highest BCUT2D eigenvalue weighted by atomic mass is 16.6. The molecule has 0 aromatic heterocycles. The number of methoxy groups -OCH3 is 2. The van der Waals surface area contributed by atoms with E-state index in [0.29, 0.717) is 45.5 Å². The van der Waals surface area contributed by atoms with Gasteiger partial charge in [0.05, 0.1) is 39.0 Å². The molecule has 0 bridgehead atoms. The predicted molar refractivity (Wildman–Crippen MR) is 153 cm³/mol. The SMILES string of the molecule is CCNCCCC[C@H](NC(=O)COC(C)(C)CCOCCOC)C(=O)N[C@@H](CC(=O)OC)C(=O)NC(C)CCON. The van der Waals surface area contributed by atoms with Crippen molar-refractivity contribution >= 4 is 23.7 Å². The van der Waals surface area contributed by atoms with E-state index in [4.69, 9.17) is 24.8 Å². The maximum atomic E-state index is 13.3. The highest BCUT2D eigenvalue weighted by Gasteiger charge is 2.30. The molecule has 14 heteroatoms. The van der Waals surface area contributed by atoms with Gasteiger partial charge in [0.2, 0.25) is 17.7 Å². The number of rotatable bonds is 25. The second-order valence-electron chi connectivity index (χ2n) is 10.3. The molecule has 3 atom stereocenters. The Bertz CT molecular complexity index is 755. The van der Waals surface area contributed by atoms with Gasteiger partial charge in [0.25, 0.3) is 0 Å². The Balaban J connectivity index is 5.31. The minimum Gasteiger partial charge on any atom is -0.469 e. The van der Waals surface area contributed by atoms with Crippen molar-refractivity contribution in [3.05, 3.63) is 0 Å². The third kappa shape index (κ3) is 20.2. The van der Waals surface area contributed by atoms with E-state index in [1.807, 2.05) is 20.8 Å². The lowest BCUT2D eigenvalue weighted by Crippen LogP contribution is -2.55. The van der Waals surface area contributed by atoms with Gasteiger partial charge in [-0.05, 0) is 66.0 Å². The molecule has 0 fully saturated rings. The molecule has 240 valence electrons. The van der Waals surface area contributed by atoms with Gasteiger partial charge in [-0.15, -0.1) is 0 Å². The Morgan fingerprint density at radius 2 is 1.59 bits per heavy atom. The van der Waals surface area contributed by atoms with Crippen LogP contribution in [0.3, 0.4) is 0 Å². The monoisotopic (exact) mass is 591 g/mol. The quantitative estimate of drug-likeness (QED) is 0.0543. The van der Waals surface area contributed by atoms with Gasteiger partial charge in [-0.1, -0.05) is 6.92 Å². The van der Waals surface area contributed by atoms with Crippen LogP contribution in [0.2, 0.25) is 0 Å². The van der Waals surface area contributed by atoms with E-state index in [1.165, 1.54) is 7.11 Å². The normalized spacial score (nSPS) is 13.6. The molecule has 0 saturated carbocycles. The van der Waals surface area contributed by atoms with Crippen molar-refractivity contribution in [2.75, 3.05) is 60.3 Å². The van der Waals surface area contributed by atoms with Crippen molar-refractivity contribution in [1.82, 2.24) is 21.3 Å². The van der Waals surface area contributed by atoms with Crippen molar-refractivity contribution in [1.29, 1.82) is 0 Å². The van der Waals surface area contributed by atoms with Gasteiger partial charge < -0.3 is 45.1 Å². The van der Waals surface area contributed by atoms with Crippen molar-refractivity contribution in [3.8, 4) is 0 Å². The smallest absolute Gasteiger partial charge is 0.308 e. The van der Waals surface area contributed by atoms with Gasteiger partial charge in [-0.25, -0.2) is 5.90 Å². The highest BCUT2D eigenvalue weighted by molar-refractivity contribution is 5.94. The van der Waals surface area contributed by atoms with Crippen LogP contribution in [0.1, 0.15) is 66.2 Å². The lowest BCUT2D eigenvalue weighted by Gasteiger charge is -2.26. The molecule has 0 aliphatic heterocycles. The molecular formula is C27H53N5O9. The van der Waals surface area contributed by atoms with E-state index in [-0.39, 0.29) is 25.7 Å². The molecule has 0 radical (unpaired) electrons. The summed E-state index contributed by atoms with van der Waals surface area (Å²) in [6, 6.07) is -2.47. The molecule has 3 amide bonds. The number of nitrogens with one attached hydrogen (secondary N) is 4. The Kier molecular flexibility index (Phi) is 21.9. The van der Waals surface area contributed by atoms with Crippen LogP contribution in [0.15, 0.2) is 0 Å². The average Bonchev–Trinajstić information content (AvgIpc) is 2.93. The predicted octanol–water partition coefficient (Wildman–Crippen LogP) is -0.0677. The number of hydrogen-bond donors (Lipinski definition) is 5. The lowest BCUT2D eigenvalue weighted by molar-refractivity contribution is -0.144. The molecule has 0 spiro atoms. The Morgan fingerprint density at radius 1 is 0.878 bits per heavy atom. The molecule has 0 heterocycles. The molecule has 0 aromatic carbocycles. The van der Waals surface area contributed by atoms with Crippen molar-refractivity contribution < 1.29 is 43.0 Å². The number of carbonyl (C=O) groups excluding carboxylic acids is 4. The minimum absolute atomic E-state index is 0.218. The minimum atomic E-state index is -1.20. The summed E-state index contributed by atoms with van der Waals surface area (Å²) in [5, 5.41) is 11.3. The molecule has 1 unspecified atom stereocenters. The third-order valence-corrected chi connectivity index (χ3v) is 6.16. The molecule has 0 aliphatic carbocycles. The summed E-state index contributed by atoms with van der Waals surface area (Å²) in [6.07, 6.45) is 2.36. The van der Waals surface area contributed by atoms with Crippen LogP contribution < -0.4 is 27.2 Å². The zero-order chi connectivity index (χ0) is 31.1.